The first kappa shape index (κ1) is 25.3. The number of benzene rings is 1. The average molecular weight is 476 g/mol. The highest BCUT2D eigenvalue weighted by atomic mass is 19.1. The summed E-state index contributed by atoms with van der Waals surface area (Å²) >= 11 is 0. The summed E-state index contributed by atoms with van der Waals surface area (Å²) in [5.74, 6) is -1.18. The van der Waals surface area contributed by atoms with E-state index in [1.54, 1.807) is 0 Å². The number of nitrogens with zero attached hydrogens (tertiary/aromatic N) is 2. The van der Waals surface area contributed by atoms with Crippen molar-refractivity contribution in [2.75, 3.05) is 30.3 Å². The number of hydrogen-bond acceptors (Lipinski definition) is 5. The van der Waals surface area contributed by atoms with Crippen LogP contribution in [0.3, 0.4) is 0 Å². The van der Waals surface area contributed by atoms with Crippen LogP contribution in [0, 0.1) is 24.0 Å². The summed E-state index contributed by atoms with van der Waals surface area (Å²) in [5, 5.41) is 11.8. The number of nitrogens with one attached hydrogen (secondary N) is 4. The number of aromatic amines is 1. The molecule has 6 N–H and O–H groups in total. The fraction of sp³-hybridized carbons (Fsp3) is 0.478. The SMILES string of the molecule is Cc1cc(F)c(NC(=O)Nc2ncc(C3CCN(CCCCCC(=N)N)CC3)c(=O)[nH]2)cc1F. The number of carbonyl (C=O) groups excluding carboxylic acids is 1. The van der Waals surface area contributed by atoms with E-state index in [9.17, 15) is 18.4 Å². The van der Waals surface area contributed by atoms with Crippen molar-refractivity contribution in [3.8, 4) is 0 Å². The zero-order valence-corrected chi connectivity index (χ0v) is 19.2. The van der Waals surface area contributed by atoms with Gasteiger partial charge >= 0.3 is 6.03 Å². The van der Waals surface area contributed by atoms with E-state index >= 15 is 0 Å². The van der Waals surface area contributed by atoms with E-state index < -0.39 is 17.7 Å². The maximum Gasteiger partial charge on any atom is 0.326 e. The fourth-order valence-corrected chi connectivity index (χ4v) is 4.06. The minimum absolute atomic E-state index is 0.0812. The largest absolute Gasteiger partial charge is 0.388 e. The van der Waals surface area contributed by atoms with Gasteiger partial charge in [-0.15, -0.1) is 0 Å². The molecule has 1 fully saturated rings. The minimum Gasteiger partial charge on any atom is -0.388 e. The van der Waals surface area contributed by atoms with Crippen molar-refractivity contribution in [3.63, 3.8) is 0 Å². The van der Waals surface area contributed by atoms with Gasteiger partial charge in [-0.05, 0) is 69.8 Å². The molecule has 0 unspecified atom stereocenters. The molecule has 0 aliphatic carbocycles. The monoisotopic (exact) mass is 475 g/mol. The normalized spacial score (nSPS) is 14.7. The zero-order chi connectivity index (χ0) is 24.7. The van der Waals surface area contributed by atoms with Gasteiger partial charge in [0, 0.05) is 24.2 Å². The minimum atomic E-state index is -0.852. The van der Waals surface area contributed by atoms with Crippen LogP contribution in [-0.2, 0) is 0 Å². The molecule has 0 atom stereocenters. The smallest absolute Gasteiger partial charge is 0.326 e. The number of unbranched alkanes of at least 4 members (excludes halogenated alkanes) is 2. The lowest BCUT2D eigenvalue weighted by atomic mass is 9.91. The highest BCUT2D eigenvalue weighted by Crippen LogP contribution is 2.26. The number of carbonyl (C=O) groups is 1. The summed E-state index contributed by atoms with van der Waals surface area (Å²) in [5.41, 5.74) is 5.42. The summed E-state index contributed by atoms with van der Waals surface area (Å²) in [7, 11) is 0. The van der Waals surface area contributed by atoms with Gasteiger partial charge in [0.15, 0.2) is 0 Å². The van der Waals surface area contributed by atoms with Crippen LogP contribution in [-0.4, -0.2) is 46.4 Å². The van der Waals surface area contributed by atoms with Gasteiger partial charge in [0.2, 0.25) is 5.95 Å². The van der Waals surface area contributed by atoms with Crippen molar-refractivity contribution in [1.29, 1.82) is 5.41 Å². The van der Waals surface area contributed by atoms with Crippen molar-refractivity contribution >= 4 is 23.5 Å². The Morgan fingerprint density at radius 3 is 2.62 bits per heavy atom. The summed E-state index contributed by atoms with van der Waals surface area (Å²) in [4.78, 5) is 33.7. The van der Waals surface area contributed by atoms with Gasteiger partial charge in [0.1, 0.15) is 11.6 Å². The van der Waals surface area contributed by atoms with Crippen LogP contribution >= 0.6 is 0 Å². The molecule has 1 aliphatic rings. The van der Waals surface area contributed by atoms with Gasteiger partial charge in [-0.2, -0.15) is 0 Å². The first-order valence-electron chi connectivity index (χ1n) is 11.4. The van der Waals surface area contributed by atoms with Crippen molar-refractivity contribution in [2.24, 2.45) is 5.73 Å². The Morgan fingerprint density at radius 1 is 1.21 bits per heavy atom. The molecule has 1 aromatic carbocycles. The predicted molar refractivity (Wildman–Crippen MR) is 127 cm³/mol. The molecule has 1 saturated heterocycles. The van der Waals surface area contributed by atoms with E-state index in [2.05, 4.69) is 25.5 Å². The van der Waals surface area contributed by atoms with E-state index in [-0.39, 0.29) is 34.5 Å². The highest BCUT2D eigenvalue weighted by molar-refractivity contribution is 5.98. The summed E-state index contributed by atoms with van der Waals surface area (Å²) in [6, 6.07) is 1.02. The molecule has 0 saturated carbocycles. The van der Waals surface area contributed by atoms with Gasteiger partial charge in [0.25, 0.3) is 5.56 Å². The first-order chi connectivity index (χ1) is 16.2. The van der Waals surface area contributed by atoms with Gasteiger partial charge in [-0.3, -0.25) is 20.5 Å². The van der Waals surface area contributed by atoms with Crippen LogP contribution in [0.5, 0.6) is 0 Å². The molecule has 0 bridgehead atoms. The van der Waals surface area contributed by atoms with Crippen LogP contribution < -0.4 is 21.9 Å². The molecule has 3 rings (SSSR count). The van der Waals surface area contributed by atoms with E-state index in [0.29, 0.717) is 12.0 Å². The first-order valence-corrected chi connectivity index (χ1v) is 11.4. The second-order valence-corrected chi connectivity index (χ2v) is 8.63. The lowest BCUT2D eigenvalue weighted by Crippen LogP contribution is -2.35. The molecule has 1 aliphatic heterocycles. The Labute approximate surface area is 196 Å². The molecule has 2 heterocycles. The molecular weight excluding hydrogens is 444 g/mol. The lowest BCUT2D eigenvalue weighted by molar-refractivity contribution is 0.208. The number of amides is 2. The number of urea groups is 1. The number of rotatable bonds is 9. The van der Waals surface area contributed by atoms with Gasteiger partial charge < -0.3 is 16.0 Å². The molecule has 9 nitrogen and oxygen atoms in total. The quantitative estimate of drug-likeness (QED) is 0.214. The maximum atomic E-state index is 13.9. The molecule has 1 aromatic heterocycles. The second-order valence-electron chi connectivity index (χ2n) is 8.63. The molecule has 11 heteroatoms. The van der Waals surface area contributed by atoms with E-state index in [4.69, 9.17) is 11.1 Å². The van der Waals surface area contributed by atoms with Crippen LogP contribution in [0.4, 0.5) is 25.2 Å². The van der Waals surface area contributed by atoms with Gasteiger partial charge in [-0.25, -0.2) is 18.6 Å². The number of halogens is 2. The molecule has 2 aromatic rings. The number of H-pyrrole nitrogens is 1. The summed E-state index contributed by atoms with van der Waals surface area (Å²) < 4.78 is 27.6. The number of aryl methyl sites for hydroxylation is 1. The van der Waals surface area contributed by atoms with Gasteiger partial charge in [0.05, 0.1) is 11.5 Å². The number of piperidine rings is 1. The number of anilines is 2. The van der Waals surface area contributed by atoms with Gasteiger partial charge in [-0.1, -0.05) is 6.42 Å². The van der Waals surface area contributed by atoms with Crippen LogP contribution in [0.2, 0.25) is 0 Å². The number of nitrogens with two attached hydrogens (primary N) is 1. The van der Waals surface area contributed by atoms with E-state index in [1.165, 1.54) is 13.1 Å². The Bertz CT molecular complexity index is 1080. The van der Waals surface area contributed by atoms with Crippen LogP contribution in [0.15, 0.2) is 23.1 Å². The average Bonchev–Trinajstić information content (AvgIpc) is 2.78. The van der Waals surface area contributed by atoms with Crippen LogP contribution in [0.25, 0.3) is 0 Å². The Balaban J connectivity index is 1.49. The standard InChI is InChI=1S/C23H31F2N7O2/c1-14-11-18(25)19(12-17(14)24)29-23(34)31-22-28-13-16(21(33)30-22)15-6-9-32(10-7-15)8-4-2-3-5-20(26)27/h11-13,15H,2-10H2,1H3,(H3,26,27)(H3,28,29,30,31,33,34). The fourth-order valence-electron chi connectivity index (χ4n) is 4.06. The molecule has 2 amide bonds. The lowest BCUT2D eigenvalue weighted by Gasteiger charge is -2.31. The number of aromatic nitrogens is 2. The molecular formula is C23H31F2N7O2. The molecule has 34 heavy (non-hydrogen) atoms. The summed E-state index contributed by atoms with van der Waals surface area (Å²) in [6.07, 6.45) is 6.81. The molecule has 0 radical (unpaired) electrons. The maximum absolute atomic E-state index is 13.9. The number of amidine groups is 1. The topological polar surface area (TPSA) is 140 Å². The number of likely N-dealkylation sites (tertiary alicyclic amines) is 1. The van der Waals surface area contributed by atoms with Crippen molar-refractivity contribution < 1.29 is 13.6 Å². The predicted octanol–water partition coefficient (Wildman–Crippen LogP) is 3.68. The highest BCUT2D eigenvalue weighted by Gasteiger charge is 2.23. The second kappa shape index (κ2) is 11.7. The zero-order valence-electron chi connectivity index (χ0n) is 19.2. The van der Waals surface area contributed by atoms with Crippen molar-refractivity contribution in [3.05, 3.63) is 51.4 Å². The third-order valence-corrected chi connectivity index (χ3v) is 6.00. The summed E-state index contributed by atoms with van der Waals surface area (Å²) in [6.45, 7) is 4.18. The molecule has 184 valence electrons. The van der Waals surface area contributed by atoms with Crippen LogP contribution in [0.1, 0.15) is 55.6 Å². The third kappa shape index (κ3) is 7.08. The Morgan fingerprint density at radius 2 is 1.94 bits per heavy atom. The number of hydrogen-bond donors (Lipinski definition) is 5. The third-order valence-electron chi connectivity index (χ3n) is 6.00. The van der Waals surface area contributed by atoms with E-state index in [1.807, 2.05) is 0 Å². The van der Waals surface area contributed by atoms with Crippen molar-refractivity contribution in [1.82, 2.24) is 14.9 Å². The Kier molecular flexibility index (Phi) is 8.69. The van der Waals surface area contributed by atoms with Crippen molar-refractivity contribution in [2.45, 2.75) is 51.4 Å². The Hall–Kier alpha value is -3.34. The van der Waals surface area contributed by atoms with E-state index in [0.717, 1.165) is 63.9 Å². The molecule has 0 spiro atoms.